The number of aryl methyl sites for hydroxylation is 1. The monoisotopic (exact) mass is 310 g/mol. The van der Waals surface area contributed by atoms with Crippen molar-refractivity contribution < 1.29 is 9.59 Å². The first-order valence-electron chi connectivity index (χ1n) is 7.45. The number of nitrogens with one attached hydrogen (secondary N) is 3. The molecule has 6 heteroatoms. The van der Waals surface area contributed by atoms with Gasteiger partial charge in [0.15, 0.2) is 0 Å². The summed E-state index contributed by atoms with van der Waals surface area (Å²) in [6.45, 7) is 4.18. The van der Waals surface area contributed by atoms with Crippen molar-refractivity contribution in [1.82, 2.24) is 4.98 Å². The summed E-state index contributed by atoms with van der Waals surface area (Å²) in [7, 11) is 0. The van der Waals surface area contributed by atoms with Crippen LogP contribution in [0.15, 0.2) is 30.5 Å². The molecule has 0 fully saturated rings. The van der Waals surface area contributed by atoms with Gasteiger partial charge in [-0.3, -0.25) is 9.59 Å². The molecule has 0 saturated carbocycles. The van der Waals surface area contributed by atoms with Gasteiger partial charge in [-0.1, -0.05) is 6.07 Å². The summed E-state index contributed by atoms with van der Waals surface area (Å²) in [5.74, 6) is -0.0294. The van der Waals surface area contributed by atoms with E-state index in [-0.39, 0.29) is 11.8 Å². The number of hydrogen-bond donors (Lipinski definition) is 3. The Morgan fingerprint density at radius 1 is 1.22 bits per heavy atom. The Kier molecular flexibility index (Phi) is 3.97. The Hall–Kier alpha value is -2.89. The van der Waals surface area contributed by atoms with Gasteiger partial charge in [0, 0.05) is 25.4 Å². The molecule has 2 aromatic rings. The standard InChI is InChI=1S/C17H18N4O2/c1-10-3-4-16(19-9-10)21-17(23)13-7-12-5-6-18-14(12)8-15(13)20-11(2)22/h3-4,7-9,18H,5-6H2,1-2H3,(H,20,22)(H,19,21,23). The Labute approximate surface area is 134 Å². The molecule has 0 atom stereocenters. The normalized spacial score (nSPS) is 12.3. The lowest BCUT2D eigenvalue weighted by molar-refractivity contribution is -0.114. The first-order chi connectivity index (χ1) is 11.0. The first kappa shape index (κ1) is 15.0. The molecule has 0 bridgehead atoms. The number of fused-ring (bicyclic) bond motifs is 1. The Morgan fingerprint density at radius 3 is 2.74 bits per heavy atom. The number of benzene rings is 1. The Bertz CT molecular complexity index is 769. The van der Waals surface area contributed by atoms with E-state index in [9.17, 15) is 9.59 Å². The third-order valence-corrected chi connectivity index (χ3v) is 3.66. The SMILES string of the molecule is CC(=O)Nc1cc2c(cc1C(=O)Nc1ccc(C)cn1)CCN2. The molecule has 2 heterocycles. The lowest BCUT2D eigenvalue weighted by atomic mass is 10.1. The summed E-state index contributed by atoms with van der Waals surface area (Å²) < 4.78 is 0. The van der Waals surface area contributed by atoms with Crippen LogP contribution in [0.25, 0.3) is 0 Å². The number of carbonyl (C=O) groups excluding carboxylic acids is 2. The molecule has 118 valence electrons. The second-order valence-corrected chi connectivity index (χ2v) is 5.59. The van der Waals surface area contributed by atoms with E-state index in [1.807, 2.05) is 19.1 Å². The molecule has 1 aliphatic heterocycles. The number of amides is 2. The van der Waals surface area contributed by atoms with E-state index in [2.05, 4.69) is 20.9 Å². The molecule has 0 saturated heterocycles. The van der Waals surface area contributed by atoms with Crippen molar-refractivity contribution >= 4 is 29.0 Å². The average Bonchev–Trinajstić information content (AvgIpc) is 2.95. The van der Waals surface area contributed by atoms with E-state index in [1.165, 1.54) is 6.92 Å². The van der Waals surface area contributed by atoms with Crippen LogP contribution < -0.4 is 16.0 Å². The molecular weight excluding hydrogens is 292 g/mol. The summed E-state index contributed by atoms with van der Waals surface area (Å²) in [6.07, 6.45) is 2.55. The van der Waals surface area contributed by atoms with Crippen LogP contribution in [-0.2, 0) is 11.2 Å². The molecule has 3 N–H and O–H groups in total. The predicted octanol–water partition coefficient (Wildman–Crippen LogP) is 2.57. The van der Waals surface area contributed by atoms with Crippen LogP contribution in [0.1, 0.15) is 28.4 Å². The van der Waals surface area contributed by atoms with Gasteiger partial charge in [-0.25, -0.2) is 4.98 Å². The van der Waals surface area contributed by atoms with Gasteiger partial charge in [-0.2, -0.15) is 0 Å². The highest BCUT2D eigenvalue weighted by Gasteiger charge is 2.19. The van der Waals surface area contributed by atoms with Gasteiger partial charge in [0.1, 0.15) is 5.82 Å². The Morgan fingerprint density at radius 2 is 2.04 bits per heavy atom. The summed E-state index contributed by atoms with van der Waals surface area (Å²) in [5.41, 5.74) is 3.98. The molecule has 23 heavy (non-hydrogen) atoms. The van der Waals surface area contributed by atoms with Crippen molar-refractivity contribution in [2.45, 2.75) is 20.3 Å². The Balaban J connectivity index is 1.91. The van der Waals surface area contributed by atoms with Crippen molar-refractivity contribution in [2.24, 2.45) is 0 Å². The van der Waals surface area contributed by atoms with Crippen molar-refractivity contribution in [2.75, 3.05) is 22.5 Å². The minimum absolute atomic E-state index is 0.217. The molecule has 0 aliphatic carbocycles. The molecular formula is C17H18N4O2. The first-order valence-corrected chi connectivity index (χ1v) is 7.45. The molecule has 0 radical (unpaired) electrons. The third-order valence-electron chi connectivity index (χ3n) is 3.66. The third kappa shape index (κ3) is 3.31. The van der Waals surface area contributed by atoms with E-state index >= 15 is 0 Å². The highest BCUT2D eigenvalue weighted by Crippen LogP contribution is 2.30. The summed E-state index contributed by atoms with van der Waals surface area (Å²) >= 11 is 0. The lowest BCUT2D eigenvalue weighted by Gasteiger charge is -2.13. The number of hydrogen-bond acceptors (Lipinski definition) is 4. The van der Waals surface area contributed by atoms with Gasteiger partial charge in [0.25, 0.3) is 5.91 Å². The maximum atomic E-state index is 12.6. The molecule has 1 aromatic carbocycles. The maximum absolute atomic E-state index is 12.6. The van der Waals surface area contributed by atoms with Crippen molar-refractivity contribution in [3.05, 3.63) is 47.2 Å². The van der Waals surface area contributed by atoms with Crippen LogP contribution in [-0.4, -0.2) is 23.3 Å². The zero-order valence-corrected chi connectivity index (χ0v) is 13.1. The van der Waals surface area contributed by atoms with Gasteiger partial charge >= 0.3 is 0 Å². The number of pyridine rings is 1. The topological polar surface area (TPSA) is 83.1 Å². The van der Waals surface area contributed by atoms with Crippen molar-refractivity contribution in [3.63, 3.8) is 0 Å². The molecule has 6 nitrogen and oxygen atoms in total. The second kappa shape index (κ2) is 6.08. The largest absolute Gasteiger partial charge is 0.384 e. The average molecular weight is 310 g/mol. The fourth-order valence-corrected chi connectivity index (χ4v) is 2.55. The number of rotatable bonds is 3. The van der Waals surface area contributed by atoms with E-state index in [4.69, 9.17) is 0 Å². The van der Waals surface area contributed by atoms with Crippen LogP contribution >= 0.6 is 0 Å². The molecule has 1 aliphatic rings. The molecule has 3 rings (SSSR count). The van der Waals surface area contributed by atoms with E-state index in [0.717, 1.165) is 29.8 Å². The van der Waals surface area contributed by atoms with Gasteiger partial charge in [-0.05, 0) is 42.7 Å². The summed E-state index contributed by atoms with van der Waals surface area (Å²) in [6, 6.07) is 7.26. The van der Waals surface area contributed by atoms with Crippen LogP contribution in [0.4, 0.5) is 17.2 Å². The van der Waals surface area contributed by atoms with Crippen LogP contribution in [0.3, 0.4) is 0 Å². The minimum Gasteiger partial charge on any atom is -0.384 e. The fraction of sp³-hybridized carbons (Fsp3) is 0.235. The van der Waals surface area contributed by atoms with Crippen molar-refractivity contribution in [3.8, 4) is 0 Å². The van der Waals surface area contributed by atoms with E-state index < -0.39 is 0 Å². The highest BCUT2D eigenvalue weighted by molar-refractivity contribution is 6.10. The predicted molar refractivity (Wildman–Crippen MR) is 89.9 cm³/mol. The quantitative estimate of drug-likeness (QED) is 0.813. The van der Waals surface area contributed by atoms with Crippen LogP contribution in [0.5, 0.6) is 0 Å². The number of aromatic nitrogens is 1. The number of carbonyl (C=O) groups is 2. The van der Waals surface area contributed by atoms with Gasteiger partial charge in [-0.15, -0.1) is 0 Å². The van der Waals surface area contributed by atoms with Gasteiger partial charge in [0.05, 0.1) is 11.3 Å². The minimum atomic E-state index is -0.292. The molecule has 2 amide bonds. The van der Waals surface area contributed by atoms with E-state index in [1.54, 1.807) is 18.3 Å². The number of nitrogens with zero attached hydrogens (tertiary/aromatic N) is 1. The van der Waals surface area contributed by atoms with Crippen LogP contribution in [0, 0.1) is 6.92 Å². The van der Waals surface area contributed by atoms with Crippen LogP contribution in [0.2, 0.25) is 0 Å². The van der Waals surface area contributed by atoms with E-state index in [0.29, 0.717) is 17.1 Å². The zero-order chi connectivity index (χ0) is 16.4. The van der Waals surface area contributed by atoms with Gasteiger partial charge < -0.3 is 16.0 Å². The smallest absolute Gasteiger partial charge is 0.258 e. The molecule has 0 spiro atoms. The lowest BCUT2D eigenvalue weighted by Crippen LogP contribution is -2.17. The molecule has 1 aromatic heterocycles. The summed E-state index contributed by atoms with van der Waals surface area (Å²) in [5, 5.41) is 8.73. The van der Waals surface area contributed by atoms with Crippen molar-refractivity contribution in [1.29, 1.82) is 0 Å². The second-order valence-electron chi connectivity index (χ2n) is 5.59. The fourth-order valence-electron chi connectivity index (χ4n) is 2.55. The highest BCUT2D eigenvalue weighted by atomic mass is 16.2. The van der Waals surface area contributed by atoms with Gasteiger partial charge in [0.2, 0.25) is 5.91 Å². The zero-order valence-electron chi connectivity index (χ0n) is 13.1. The maximum Gasteiger partial charge on any atom is 0.258 e. The molecule has 0 unspecified atom stereocenters. The summed E-state index contributed by atoms with van der Waals surface area (Å²) in [4.78, 5) is 28.2. The number of anilines is 3.